The van der Waals surface area contributed by atoms with Gasteiger partial charge in [-0.3, -0.25) is 24.3 Å². The van der Waals surface area contributed by atoms with E-state index in [9.17, 15) is 15.0 Å². The molecule has 0 saturated carbocycles. The number of pyridine rings is 1. The summed E-state index contributed by atoms with van der Waals surface area (Å²) < 4.78 is 2.88. The van der Waals surface area contributed by atoms with Crippen molar-refractivity contribution in [1.29, 1.82) is 5.41 Å². The van der Waals surface area contributed by atoms with Crippen LogP contribution in [0.15, 0.2) is 98.7 Å². The van der Waals surface area contributed by atoms with Gasteiger partial charge in [-0.1, -0.05) is 54.6 Å². The molecule has 0 atom stereocenters. The Kier molecular flexibility index (Phi) is 4.90. The Labute approximate surface area is 260 Å². The summed E-state index contributed by atoms with van der Waals surface area (Å²) in [5.74, 6) is -0.256. The van der Waals surface area contributed by atoms with Crippen molar-refractivity contribution in [3.8, 4) is 0 Å². The van der Waals surface area contributed by atoms with Crippen LogP contribution in [0.2, 0.25) is 0 Å². The smallest absolute Gasteiger partial charge is 0.265 e. The largest absolute Gasteiger partial charge is 0.283 e. The van der Waals surface area contributed by atoms with Crippen LogP contribution in [0.25, 0.3) is 59.8 Å². The number of rotatable bonds is 1. The van der Waals surface area contributed by atoms with Gasteiger partial charge in [0.25, 0.3) is 11.5 Å². The van der Waals surface area contributed by atoms with Crippen molar-refractivity contribution in [2.75, 3.05) is 4.90 Å². The topological polar surface area (TPSA) is 78.5 Å². The molecule has 8 aromatic rings. The van der Waals surface area contributed by atoms with Crippen LogP contribution in [0.4, 0.5) is 5.69 Å². The lowest BCUT2D eigenvalue weighted by molar-refractivity contribution is 0.100. The maximum absolute atomic E-state index is 14.4. The fourth-order valence-corrected chi connectivity index (χ4v) is 8.16. The first kappa shape index (κ1) is 24.9. The predicted octanol–water partition coefficient (Wildman–Crippen LogP) is 8.72. The second-order valence-corrected chi connectivity index (χ2v) is 12.7. The van der Waals surface area contributed by atoms with E-state index in [2.05, 4.69) is 31.9 Å². The number of aromatic nitrogens is 2. The molecule has 8 heteroatoms. The minimum absolute atomic E-state index is 0.0596. The number of anilines is 1. The van der Waals surface area contributed by atoms with E-state index < -0.39 is 0 Å². The SMILES string of the molecule is Cc1cccc2cccc(N3C(=N)c4cc(Br)c5c6c4c(cc(Br)c6c(=O)n4c6cccc7cccc(nc54)c76)C3=O)c12. The molecule has 0 saturated heterocycles. The van der Waals surface area contributed by atoms with Crippen molar-refractivity contribution in [3.63, 3.8) is 0 Å². The van der Waals surface area contributed by atoms with Gasteiger partial charge < -0.3 is 0 Å². The molecule has 1 aliphatic rings. The van der Waals surface area contributed by atoms with Gasteiger partial charge in [-0.2, -0.15) is 0 Å². The number of nitrogens with one attached hydrogen (secondary N) is 1. The Balaban J connectivity index is 1.45. The monoisotopic (exact) mass is 684 g/mol. The number of halogens is 2. The Morgan fingerprint density at radius 1 is 0.698 bits per heavy atom. The molecular formula is C35H18Br2N4O2. The molecule has 1 N–H and O–H groups in total. The highest BCUT2D eigenvalue weighted by Gasteiger charge is 2.36. The first-order chi connectivity index (χ1) is 20.8. The van der Waals surface area contributed by atoms with Crippen LogP contribution in [0, 0.1) is 12.3 Å². The molecule has 2 aromatic heterocycles. The molecule has 6 nitrogen and oxygen atoms in total. The third-order valence-electron chi connectivity index (χ3n) is 8.73. The molecule has 0 spiro atoms. The van der Waals surface area contributed by atoms with Crippen molar-refractivity contribution in [3.05, 3.63) is 121 Å². The van der Waals surface area contributed by atoms with Gasteiger partial charge in [-0.15, -0.1) is 0 Å². The van der Waals surface area contributed by atoms with Gasteiger partial charge in [-0.05, 0) is 85.5 Å². The Morgan fingerprint density at radius 3 is 2.14 bits per heavy atom. The maximum atomic E-state index is 14.4. The number of hydrogen-bond donors (Lipinski definition) is 1. The summed E-state index contributed by atoms with van der Waals surface area (Å²) in [5.41, 5.74) is 4.48. The summed E-state index contributed by atoms with van der Waals surface area (Å²) in [6.45, 7) is 2.01. The number of benzene rings is 6. The fourth-order valence-electron chi connectivity index (χ4n) is 6.96. The summed E-state index contributed by atoms with van der Waals surface area (Å²) in [5, 5.41) is 15.6. The van der Waals surface area contributed by atoms with Gasteiger partial charge in [-0.25, -0.2) is 4.98 Å². The number of amidine groups is 1. The normalized spacial score (nSPS) is 13.6. The second kappa shape index (κ2) is 8.46. The number of hydrogen-bond acceptors (Lipinski definition) is 4. The highest BCUT2D eigenvalue weighted by molar-refractivity contribution is 9.11. The van der Waals surface area contributed by atoms with Crippen LogP contribution < -0.4 is 10.5 Å². The molecule has 1 amide bonds. The lowest BCUT2D eigenvalue weighted by Crippen LogP contribution is -2.41. The minimum atomic E-state index is -0.315. The number of carbonyl (C=O) groups is 1. The van der Waals surface area contributed by atoms with Crippen molar-refractivity contribution in [2.24, 2.45) is 0 Å². The van der Waals surface area contributed by atoms with Crippen LogP contribution in [0.3, 0.4) is 0 Å². The average Bonchev–Trinajstić information content (AvgIpc) is 2.99. The third kappa shape index (κ3) is 3.07. The number of carbonyl (C=O) groups excluding carboxylic acids is 1. The fraction of sp³-hybridized carbons (Fsp3) is 0.0286. The van der Waals surface area contributed by atoms with Crippen LogP contribution in [-0.4, -0.2) is 21.1 Å². The molecular weight excluding hydrogens is 668 g/mol. The van der Waals surface area contributed by atoms with Crippen molar-refractivity contribution in [2.45, 2.75) is 6.92 Å². The molecule has 1 aliphatic heterocycles. The maximum Gasteiger partial charge on any atom is 0.265 e. The Morgan fingerprint density at radius 2 is 1.35 bits per heavy atom. The summed E-state index contributed by atoms with van der Waals surface area (Å²) in [6.07, 6.45) is 0. The number of aryl methyl sites for hydroxylation is 1. The summed E-state index contributed by atoms with van der Waals surface area (Å²) in [6, 6.07) is 27.3. The summed E-state index contributed by atoms with van der Waals surface area (Å²) in [4.78, 5) is 35.4. The van der Waals surface area contributed by atoms with E-state index >= 15 is 0 Å². The average molecular weight is 686 g/mol. The van der Waals surface area contributed by atoms with Crippen LogP contribution in [-0.2, 0) is 0 Å². The third-order valence-corrected chi connectivity index (χ3v) is 9.98. The first-order valence-corrected chi connectivity index (χ1v) is 15.3. The van der Waals surface area contributed by atoms with Gasteiger partial charge in [0.2, 0.25) is 0 Å². The molecule has 3 heterocycles. The molecule has 9 rings (SSSR count). The molecule has 0 unspecified atom stereocenters. The zero-order valence-corrected chi connectivity index (χ0v) is 25.7. The van der Waals surface area contributed by atoms with Crippen molar-refractivity contribution in [1.82, 2.24) is 9.38 Å². The number of nitrogens with zero attached hydrogens (tertiary/aromatic N) is 3. The molecule has 0 aliphatic carbocycles. The highest BCUT2D eigenvalue weighted by atomic mass is 79.9. The van der Waals surface area contributed by atoms with Crippen LogP contribution in [0.1, 0.15) is 21.5 Å². The van der Waals surface area contributed by atoms with E-state index in [1.54, 1.807) is 10.5 Å². The lowest BCUT2D eigenvalue weighted by atomic mass is 9.89. The Bertz CT molecular complexity index is 2650. The van der Waals surface area contributed by atoms with Gasteiger partial charge >= 0.3 is 0 Å². The molecule has 0 fully saturated rings. The lowest BCUT2D eigenvalue weighted by Gasteiger charge is -2.32. The van der Waals surface area contributed by atoms with Crippen LogP contribution >= 0.6 is 31.9 Å². The highest BCUT2D eigenvalue weighted by Crippen LogP contribution is 2.45. The van der Waals surface area contributed by atoms with E-state index in [0.717, 1.165) is 43.5 Å². The van der Waals surface area contributed by atoms with Crippen molar-refractivity contribution >= 4 is 109 Å². The number of amides is 1. The van der Waals surface area contributed by atoms with Gasteiger partial charge in [0.1, 0.15) is 11.5 Å². The van der Waals surface area contributed by atoms with Gasteiger partial charge in [0.15, 0.2) is 0 Å². The van der Waals surface area contributed by atoms with Gasteiger partial charge in [0, 0.05) is 41.4 Å². The number of fused-ring (bicyclic) bond motifs is 4. The zero-order chi connectivity index (χ0) is 29.3. The molecule has 0 bridgehead atoms. The van der Waals surface area contributed by atoms with E-state index in [-0.39, 0.29) is 17.3 Å². The Hall–Kier alpha value is -4.66. The van der Waals surface area contributed by atoms with E-state index in [0.29, 0.717) is 47.6 Å². The predicted molar refractivity (Wildman–Crippen MR) is 180 cm³/mol. The first-order valence-electron chi connectivity index (χ1n) is 13.7. The zero-order valence-electron chi connectivity index (χ0n) is 22.5. The summed E-state index contributed by atoms with van der Waals surface area (Å²) in [7, 11) is 0. The molecule has 0 radical (unpaired) electrons. The van der Waals surface area contributed by atoms with Crippen molar-refractivity contribution < 1.29 is 4.79 Å². The summed E-state index contributed by atoms with van der Waals surface area (Å²) >= 11 is 7.48. The van der Waals surface area contributed by atoms with E-state index in [1.807, 2.05) is 85.8 Å². The second-order valence-electron chi connectivity index (χ2n) is 11.0. The molecule has 43 heavy (non-hydrogen) atoms. The quantitative estimate of drug-likeness (QED) is 0.139. The van der Waals surface area contributed by atoms with Gasteiger partial charge in [0.05, 0.1) is 27.7 Å². The minimum Gasteiger partial charge on any atom is -0.283 e. The standard InChI is InChI=1S/C35H18Br2N4O2/c1-16-6-2-7-17-9-4-12-24(26(16)17)40-32(38)19-14-21(36)29-31-28(19)20(34(40)42)15-22(37)30(31)35(43)41-25-13-5-10-18-8-3-11-23(27(18)25)39-33(29)41/h2-15,38H,1H3. The molecule has 6 aromatic carbocycles. The molecule has 204 valence electrons. The van der Waals surface area contributed by atoms with E-state index in [4.69, 9.17) is 4.98 Å². The van der Waals surface area contributed by atoms with Crippen LogP contribution in [0.5, 0.6) is 0 Å². The van der Waals surface area contributed by atoms with E-state index in [1.165, 1.54) is 4.90 Å².